The first-order valence-electron chi connectivity index (χ1n) is 6.17. The van der Waals surface area contributed by atoms with Gasteiger partial charge in [-0.2, -0.15) is 0 Å². The Morgan fingerprint density at radius 3 is 2.35 bits per heavy atom. The summed E-state index contributed by atoms with van der Waals surface area (Å²) in [7, 11) is 0. The average molecular weight is 282 g/mol. The predicted molar refractivity (Wildman–Crippen MR) is 69.2 cm³/mol. The third-order valence-electron chi connectivity index (χ3n) is 2.90. The minimum atomic E-state index is -1.20. The van der Waals surface area contributed by atoms with Gasteiger partial charge in [0.25, 0.3) is 0 Å². The Labute approximate surface area is 116 Å². The van der Waals surface area contributed by atoms with Gasteiger partial charge in [-0.05, 0) is 19.8 Å². The van der Waals surface area contributed by atoms with E-state index in [1.165, 1.54) is 18.5 Å². The minimum absolute atomic E-state index is 0.0251. The molecule has 0 radical (unpaired) electrons. The van der Waals surface area contributed by atoms with Crippen molar-refractivity contribution in [3.05, 3.63) is 11.4 Å². The van der Waals surface area contributed by atoms with Crippen molar-refractivity contribution in [1.29, 1.82) is 0 Å². The van der Waals surface area contributed by atoms with Crippen LogP contribution in [0.2, 0.25) is 0 Å². The highest BCUT2D eigenvalue weighted by Gasteiger charge is 2.22. The molecule has 1 rings (SSSR count). The zero-order valence-corrected chi connectivity index (χ0v) is 11.9. The molecule has 8 heteroatoms. The van der Waals surface area contributed by atoms with Crippen LogP contribution in [0.1, 0.15) is 37.0 Å². The number of aromatic carboxylic acids is 1. The van der Waals surface area contributed by atoms with Crippen molar-refractivity contribution in [2.75, 3.05) is 0 Å². The topological polar surface area (TPSA) is 114 Å². The summed E-state index contributed by atoms with van der Waals surface area (Å²) in [4.78, 5) is 34.1. The number of rotatable bonds is 6. The van der Waals surface area contributed by atoms with Crippen LogP contribution >= 0.6 is 0 Å². The smallest absolute Gasteiger partial charge is 0.358 e. The molecule has 0 fully saturated rings. The van der Waals surface area contributed by atoms with Crippen LogP contribution in [0, 0.1) is 12.8 Å². The molecule has 110 valence electrons. The maximum absolute atomic E-state index is 11.9. The number of aromatic nitrogens is 3. The first kappa shape index (κ1) is 15.8. The normalized spacial score (nSPS) is 12.2. The highest BCUT2D eigenvalue weighted by molar-refractivity contribution is 5.88. The van der Waals surface area contributed by atoms with Gasteiger partial charge in [0.2, 0.25) is 5.91 Å². The van der Waals surface area contributed by atoms with Crippen LogP contribution in [0.4, 0.5) is 0 Å². The quantitative estimate of drug-likeness (QED) is 0.760. The highest BCUT2D eigenvalue weighted by Crippen LogP contribution is 2.05. The van der Waals surface area contributed by atoms with Gasteiger partial charge >= 0.3 is 5.97 Å². The number of ketones is 1. The Morgan fingerprint density at radius 2 is 1.95 bits per heavy atom. The fourth-order valence-electron chi connectivity index (χ4n) is 1.80. The van der Waals surface area contributed by atoms with Gasteiger partial charge in [-0.1, -0.05) is 19.1 Å². The van der Waals surface area contributed by atoms with Crippen molar-refractivity contribution in [1.82, 2.24) is 20.3 Å². The third kappa shape index (κ3) is 3.62. The fraction of sp³-hybridized carbons (Fsp3) is 0.583. The second-order valence-electron chi connectivity index (χ2n) is 4.89. The molecule has 8 nitrogen and oxygen atoms in total. The van der Waals surface area contributed by atoms with Gasteiger partial charge in [-0.3, -0.25) is 9.59 Å². The number of carboxylic acids is 1. The lowest BCUT2D eigenvalue weighted by Crippen LogP contribution is -2.44. The summed E-state index contributed by atoms with van der Waals surface area (Å²) in [6.45, 7) is 6.41. The van der Waals surface area contributed by atoms with Crippen LogP contribution in [-0.2, 0) is 16.1 Å². The van der Waals surface area contributed by atoms with E-state index in [9.17, 15) is 14.4 Å². The summed E-state index contributed by atoms with van der Waals surface area (Å²) in [5, 5.41) is 18.5. The third-order valence-corrected chi connectivity index (χ3v) is 2.90. The van der Waals surface area contributed by atoms with Gasteiger partial charge in [0, 0.05) is 0 Å². The number of Topliss-reactive ketones (excluding diaryl/α,β-unsaturated/α-hetero) is 1. The Bertz CT molecular complexity index is 536. The molecule has 0 spiro atoms. The number of hydrogen-bond donors (Lipinski definition) is 2. The first-order chi connectivity index (χ1) is 9.23. The molecule has 20 heavy (non-hydrogen) atoms. The standard InChI is InChI=1S/C12H18N4O4/c1-6(2)10(8(4)17)13-9(18)5-16-7(3)11(12(19)20)14-15-16/h6,10H,5H2,1-4H3,(H,13,18)(H,19,20). The number of carbonyl (C=O) groups excluding carboxylic acids is 2. The maximum atomic E-state index is 11.9. The zero-order valence-electron chi connectivity index (χ0n) is 11.9. The largest absolute Gasteiger partial charge is 0.476 e. The maximum Gasteiger partial charge on any atom is 0.358 e. The predicted octanol–water partition coefficient (Wildman–Crippen LogP) is 0.0145. The Morgan fingerprint density at radius 1 is 1.35 bits per heavy atom. The van der Waals surface area contributed by atoms with Gasteiger partial charge in [0.1, 0.15) is 6.54 Å². The molecule has 1 aromatic rings. The molecule has 1 unspecified atom stereocenters. The molecular formula is C12H18N4O4. The monoisotopic (exact) mass is 282 g/mol. The highest BCUT2D eigenvalue weighted by atomic mass is 16.4. The van der Waals surface area contributed by atoms with Crippen molar-refractivity contribution in [3.8, 4) is 0 Å². The van der Waals surface area contributed by atoms with Crippen LogP contribution in [0.25, 0.3) is 0 Å². The molecule has 0 aliphatic rings. The molecule has 1 amide bonds. The van der Waals surface area contributed by atoms with Crippen LogP contribution in [0.3, 0.4) is 0 Å². The molecular weight excluding hydrogens is 264 g/mol. The van der Waals surface area contributed by atoms with E-state index in [-0.39, 0.29) is 29.6 Å². The molecule has 1 aromatic heterocycles. The second-order valence-corrected chi connectivity index (χ2v) is 4.89. The molecule has 0 aliphatic heterocycles. The lowest BCUT2D eigenvalue weighted by molar-refractivity contribution is -0.128. The van der Waals surface area contributed by atoms with E-state index in [4.69, 9.17) is 5.11 Å². The second kappa shape index (κ2) is 6.27. The molecule has 1 heterocycles. The summed E-state index contributed by atoms with van der Waals surface area (Å²) < 4.78 is 1.19. The molecule has 0 saturated carbocycles. The van der Waals surface area contributed by atoms with Crippen molar-refractivity contribution in [2.24, 2.45) is 5.92 Å². The van der Waals surface area contributed by atoms with E-state index in [2.05, 4.69) is 15.6 Å². The fourth-order valence-corrected chi connectivity index (χ4v) is 1.80. The van der Waals surface area contributed by atoms with E-state index in [0.29, 0.717) is 0 Å². The lowest BCUT2D eigenvalue weighted by Gasteiger charge is -2.19. The summed E-state index contributed by atoms with van der Waals surface area (Å²) in [6, 6.07) is -0.565. The summed E-state index contributed by atoms with van der Waals surface area (Å²) in [5.41, 5.74) is 0.0985. The molecule has 0 saturated heterocycles. The van der Waals surface area contributed by atoms with Crippen molar-refractivity contribution < 1.29 is 19.5 Å². The van der Waals surface area contributed by atoms with E-state index in [1.54, 1.807) is 0 Å². The number of hydrogen-bond acceptors (Lipinski definition) is 5. The van der Waals surface area contributed by atoms with Crippen molar-refractivity contribution >= 4 is 17.7 Å². The van der Waals surface area contributed by atoms with Gasteiger partial charge in [-0.15, -0.1) is 5.10 Å². The van der Waals surface area contributed by atoms with Crippen LogP contribution in [0.15, 0.2) is 0 Å². The van der Waals surface area contributed by atoms with E-state index >= 15 is 0 Å². The summed E-state index contributed by atoms with van der Waals surface area (Å²) in [6.07, 6.45) is 0. The van der Waals surface area contributed by atoms with E-state index < -0.39 is 17.9 Å². The Balaban J connectivity index is 2.76. The number of carboxylic acid groups (broad SMARTS) is 1. The number of carbonyl (C=O) groups is 3. The van der Waals surface area contributed by atoms with Crippen molar-refractivity contribution in [2.45, 2.75) is 40.3 Å². The van der Waals surface area contributed by atoms with Crippen LogP contribution in [0.5, 0.6) is 0 Å². The van der Waals surface area contributed by atoms with Crippen LogP contribution in [-0.4, -0.2) is 43.8 Å². The first-order valence-corrected chi connectivity index (χ1v) is 6.17. The van der Waals surface area contributed by atoms with Crippen molar-refractivity contribution in [3.63, 3.8) is 0 Å². The molecule has 0 bridgehead atoms. The lowest BCUT2D eigenvalue weighted by atomic mass is 10.0. The molecule has 0 aliphatic carbocycles. The molecule has 0 aromatic carbocycles. The van der Waals surface area contributed by atoms with E-state index in [1.807, 2.05) is 13.8 Å². The number of nitrogens with one attached hydrogen (secondary N) is 1. The number of amides is 1. The molecule has 2 N–H and O–H groups in total. The Kier molecular flexibility index (Phi) is 4.95. The van der Waals surface area contributed by atoms with Gasteiger partial charge in [-0.25, -0.2) is 9.48 Å². The Hall–Kier alpha value is -2.25. The van der Waals surface area contributed by atoms with Gasteiger partial charge in [0.15, 0.2) is 11.5 Å². The summed E-state index contributed by atoms with van der Waals surface area (Å²) in [5.74, 6) is -1.76. The number of nitrogens with zero attached hydrogens (tertiary/aromatic N) is 3. The molecule has 1 atom stereocenters. The zero-order chi connectivity index (χ0) is 15.4. The van der Waals surface area contributed by atoms with E-state index in [0.717, 1.165) is 0 Å². The minimum Gasteiger partial charge on any atom is -0.476 e. The van der Waals surface area contributed by atoms with Gasteiger partial charge in [0.05, 0.1) is 11.7 Å². The summed E-state index contributed by atoms with van der Waals surface area (Å²) >= 11 is 0. The SMILES string of the molecule is CC(=O)C(NC(=O)Cn1nnc(C(=O)O)c1C)C(C)C. The van der Waals surface area contributed by atoms with Crippen LogP contribution < -0.4 is 5.32 Å². The van der Waals surface area contributed by atoms with Gasteiger partial charge < -0.3 is 10.4 Å². The average Bonchev–Trinajstić information content (AvgIpc) is 2.67.